The molecule has 0 spiro atoms. The van der Waals surface area contributed by atoms with Crippen molar-refractivity contribution in [2.45, 2.75) is 19.9 Å². The van der Waals surface area contributed by atoms with Crippen molar-refractivity contribution in [2.24, 2.45) is 0 Å². The minimum Gasteiger partial charge on any atom is -0.462 e. The van der Waals surface area contributed by atoms with Crippen LogP contribution in [-0.4, -0.2) is 23.5 Å². The zero-order chi connectivity index (χ0) is 21.7. The van der Waals surface area contributed by atoms with Crippen LogP contribution >= 0.6 is 22.7 Å². The second-order valence-corrected chi connectivity index (χ2v) is 8.85. The highest BCUT2D eigenvalue weighted by Gasteiger charge is 2.45. The molecule has 1 aliphatic heterocycles. The topological polar surface area (TPSA) is 89.7 Å². The van der Waals surface area contributed by atoms with E-state index >= 15 is 0 Å². The molecule has 156 valence electrons. The Morgan fingerprint density at radius 3 is 2.77 bits per heavy atom. The Balaban J connectivity index is 1.73. The largest absolute Gasteiger partial charge is 0.462 e. The highest BCUT2D eigenvalue weighted by atomic mass is 32.1. The third-order valence-corrected chi connectivity index (χ3v) is 7.10. The number of aromatic nitrogens is 1. The molecule has 0 saturated heterocycles. The fourth-order valence-corrected chi connectivity index (χ4v) is 5.52. The summed E-state index contributed by atoms with van der Waals surface area (Å²) in [6.07, 6.45) is 0. The number of ether oxygens (including phenoxy) is 1. The molecule has 4 aromatic rings. The number of anilines is 1. The molecule has 0 fully saturated rings. The van der Waals surface area contributed by atoms with Gasteiger partial charge in [-0.1, -0.05) is 29.5 Å². The maximum absolute atomic E-state index is 13.5. The number of thiazole rings is 1. The highest BCUT2D eigenvalue weighted by molar-refractivity contribution is 7.17. The molecule has 9 heteroatoms. The predicted octanol–water partition coefficient (Wildman–Crippen LogP) is 4.55. The van der Waals surface area contributed by atoms with Crippen LogP contribution < -0.4 is 10.3 Å². The van der Waals surface area contributed by atoms with Gasteiger partial charge in [0.15, 0.2) is 10.6 Å². The number of fused-ring (bicyclic) bond motifs is 2. The molecular formula is C22H16N2O5S2. The first-order valence-corrected chi connectivity index (χ1v) is 11.3. The van der Waals surface area contributed by atoms with Crippen molar-refractivity contribution >= 4 is 50.7 Å². The van der Waals surface area contributed by atoms with Gasteiger partial charge in [0.25, 0.3) is 5.91 Å². The first-order chi connectivity index (χ1) is 15.0. The van der Waals surface area contributed by atoms with E-state index in [9.17, 15) is 14.4 Å². The summed E-state index contributed by atoms with van der Waals surface area (Å²) in [7, 11) is 0. The summed E-state index contributed by atoms with van der Waals surface area (Å²) in [6.45, 7) is 3.66. The SMILES string of the molecule is CCOC(=O)c1sc(N2C(=O)c3oc4ccccc4c(=O)c3C2c2cccs2)nc1C. The number of esters is 1. The lowest BCUT2D eigenvalue weighted by molar-refractivity contribution is 0.0531. The van der Waals surface area contributed by atoms with Crippen molar-refractivity contribution in [3.8, 4) is 0 Å². The zero-order valence-corrected chi connectivity index (χ0v) is 18.2. The van der Waals surface area contributed by atoms with Gasteiger partial charge in [0.2, 0.25) is 5.76 Å². The number of nitrogens with zero attached hydrogens (tertiary/aromatic N) is 2. The molecule has 3 aromatic heterocycles. The van der Waals surface area contributed by atoms with Crippen LogP contribution in [0.1, 0.15) is 49.3 Å². The van der Waals surface area contributed by atoms with E-state index in [1.165, 1.54) is 16.2 Å². The van der Waals surface area contributed by atoms with Gasteiger partial charge >= 0.3 is 5.97 Å². The van der Waals surface area contributed by atoms with Crippen molar-refractivity contribution in [3.63, 3.8) is 0 Å². The van der Waals surface area contributed by atoms with Crippen LogP contribution in [0.25, 0.3) is 11.0 Å². The summed E-state index contributed by atoms with van der Waals surface area (Å²) in [4.78, 5) is 46.2. The van der Waals surface area contributed by atoms with Crippen LogP contribution in [-0.2, 0) is 4.74 Å². The van der Waals surface area contributed by atoms with E-state index in [1.807, 2.05) is 17.5 Å². The molecule has 1 amide bonds. The first-order valence-electron chi connectivity index (χ1n) is 9.58. The third-order valence-electron chi connectivity index (χ3n) is 5.04. The number of para-hydroxylation sites is 1. The van der Waals surface area contributed by atoms with Crippen molar-refractivity contribution < 1.29 is 18.7 Å². The van der Waals surface area contributed by atoms with E-state index in [-0.39, 0.29) is 23.4 Å². The van der Waals surface area contributed by atoms with Gasteiger partial charge in [0.05, 0.1) is 23.3 Å². The van der Waals surface area contributed by atoms with E-state index in [2.05, 4.69) is 4.98 Å². The molecule has 1 aromatic carbocycles. The van der Waals surface area contributed by atoms with Crippen LogP contribution in [0.4, 0.5) is 5.13 Å². The molecule has 0 radical (unpaired) electrons. The van der Waals surface area contributed by atoms with Gasteiger partial charge in [-0.15, -0.1) is 11.3 Å². The first kappa shape index (κ1) is 19.7. The van der Waals surface area contributed by atoms with Crippen LogP contribution in [0.3, 0.4) is 0 Å². The molecule has 31 heavy (non-hydrogen) atoms. The summed E-state index contributed by atoms with van der Waals surface area (Å²) in [5.74, 6) is -0.937. The van der Waals surface area contributed by atoms with Crippen molar-refractivity contribution in [1.29, 1.82) is 0 Å². The van der Waals surface area contributed by atoms with E-state index < -0.39 is 17.9 Å². The van der Waals surface area contributed by atoms with Gasteiger partial charge in [-0.2, -0.15) is 0 Å². The molecule has 0 aliphatic carbocycles. The van der Waals surface area contributed by atoms with Gasteiger partial charge < -0.3 is 9.15 Å². The average molecular weight is 453 g/mol. The third kappa shape index (κ3) is 3.00. The molecule has 5 rings (SSSR count). The second kappa shape index (κ2) is 7.44. The van der Waals surface area contributed by atoms with Crippen molar-refractivity contribution in [3.05, 3.63) is 78.8 Å². The fraction of sp³-hybridized carbons (Fsp3) is 0.182. The van der Waals surface area contributed by atoms with Crippen LogP contribution in [0.2, 0.25) is 0 Å². The number of aryl methyl sites for hydroxylation is 1. The Bertz CT molecular complexity index is 1390. The molecule has 4 heterocycles. The van der Waals surface area contributed by atoms with E-state index in [0.717, 1.165) is 16.2 Å². The average Bonchev–Trinajstić information content (AvgIpc) is 3.47. The quantitative estimate of drug-likeness (QED) is 0.422. The Hall–Kier alpha value is -3.30. The number of hydrogen-bond donors (Lipinski definition) is 0. The standard InChI is InChI=1S/C22H16N2O5S2/c1-3-28-21(27)19-11(2)23-22(31-19)24-16(14-9-6-10-30-14)15-17(25)12-7-4-5-8-13(12)29-18(15)20(24)26/h4-10,16H,3H2,1-2H3. The monoisotopic (exact) mass is 452 g/mol. The molecule has 1 unspecified atom stereocenters. The number of carbonyl (C=O) groups is 2. The number of thiophene rings is 1. The maximum Gasteiger partial charge on any atom is 0.350 e. The van der Waals surface area contributed by atoms with E-state index in [4.69, 9.17) is 9.15 Å². The Morgan fingerprint density at radius 2 is 2.03 bits per heavy atom. The summed E-state index contributed by atoms with van der Waals surface area (Å²) in [5.41, 5.74) is 0.868. The maximum atomic E-state index is 13.5. The second-order valence-electron chi connectivity index (χ2n) is 6.89. The molecule has 7 nitrogen and oxygen atoms in total. The Kier molecular flexibility index (Phi) is 4.71. The molecule has 0 bridgehead atoms. The molecule has 1 atom stereocenters. The molecule has 0 saturated carbocycles. The number of amides is 1. The predicted molar refractivity (Wildman–Crippen MR) is 118 cm³/mol. The van der Waals surface area contributed by atoms with Gasteiger partial charge in [-0.25, -0.2) is 9.78 Å². The lowest BCUT2D eigenvalue weighted by atomic mass is 10.0. The minimum atomic E-state index is -0.677. The van der Waals surface area contributed by atoms with Crippen molar-refractivity contribution in [1.82, 2.24) is 4.98 Å². The highest BCUT2D eigenvalue weighted by Crippen LogP contribution is 2.44. The van der Waals surface area contributed by atoms with Crippen LogP contribution in [0.15, 0.2) is 51.0 Å². The van der Waals surface area contributed by atoms with Gasteiger partial charge in [-0.05, 0) is 37.4 Å². The van der Waals surface area contributed by atoms with E-state index in [1.54, 1.807) is 38.1 Å². The Morgan fingerprint density at radius 1 is 1.23 bits per heavy atom. The van der Waals surface area contributed by atoms with Gasteiger partial charge in [0.1, 0.15) is 16.5 Å². The lowest BCUT2D eigenvalue weighted by Gasteiger charge is -2.20. The van der Waals surface area contributed by atoms with Crippen LogP contribution in [0.5, 0.6) is 0 Å². The number of carbonyl (C=O) groups excluding carboxylic acids is 2. The lowest BCUT2D eigenvalue weighted by Crippen LogP contribution is -2.28. The summed E-state index contributed by atoms with van der Waals surface area (Å²) >= 11 is 2.51. The fourth-order valence-electron chi connectivity index (χ4n) is 3.70. The smallest absolute Gasteiger partial charge is 0.350 e. The van der Waals surface area contributed by atoms with Gasteiger partial charge in [-0.3, -0.25) is 14.5 Å². The number of rotatable bonds is 4. The molecule has 1 aliphatic rings. The normalized spacial score (nSPS) is 15.5. The Labute approximate surface area is 184 Å². The van der Waals surface area contributed by atoms with Gasteiger partial charge in [0, 0.05) is 4.88 Å². The molecule has 0 N–H and O–H groups in total. The number of hydrogen-bond acceptors (Lipinski definition) is 8. The summed E-state index contributed by atoms with van der Waals surface area (Å²) in [5, 5.41) is 2.62. The minimum absolute atomic E-state index is 0.00707. The summed E-state index contributed by atoms with van der Waals surface area (Å²) < 4.78 is 11.0. The van der Waals surface area contributed by atoms with E-state index in [0.29, 0.717) is 26.7 Å². The van der Waals surface area contributed by atoms with Crippen molar-refractivity contribution in [2.75, 3.05) is 11.5 Å². The molecular weight excluding hydrogens is 436 g/mol. The summed E-state index contributed by atoms with van der Waals surface area (Å²) in [6, 6.07) is 9.92. The zero-order valence-electron chi connectivity index (χ0n) is 16.6. The van der Waals surface area contributed by atoms with Crippen LogP contribution in [0, 0.1) is 6.92 Å². The number of benzene rings is 1.